The highest BCUT2D eigenvalue weighted by molar-refractivity contribution is 5.95. The van der Waals surface area contributed by atoms with Gasteiger partial charge in [0.2, 0.25) is 0 Å². The number of ether oxygens (including phenoxy) is 1. The Labute approximate surface area is 210 Å². The van der Waals surface area contributed by atoms with Gasteiger partial charge in [-0.1, -0.05) is 12.1 Å². The van der Waals surface area contributed by atoms with Crippen LogP contribution in [0.4, 0.5) is 4.39 Å². The Kier molecular flexibility index (Phi) is 8.23. The van der Waals surface area contributed by atoms with Gasteiger partial charge in [0.1, 0.15) is 17.3 Å². The van der Waals surface area contributed by atoms with Crippen molar-refractivity contribution in [3.8, 4) is 11.5 Å². The Morgan fingerprint density at radius 3 is 2.68 bits per heavy atom. The van der Waals surface area contributed by atoms with Gasteiger partial charge in [-0.05, 0) is 80.1 Å². The summed E-state index contributed by atoms with van der Waals surface area (Å²) in [6.45, 7) is 1.79. The number of aromatic nitrogens is 2. The van der Waals surface area contributed by atoms with Crippen LogP contribution in [0, 0.1) is 5.82 Å². The van der Waals surface area contributed by atoms with Crippen molar-refractivity contribution in [2.75, 3.05) is 19.6 Å². The zero-order valence-corrected chi connectivity index (χ0v) is 20.4. The van der Waals surface area contributed by atoms with E-state index < -0.39 is 5.82 Å². The number of halogens is 3. The minimum Gasteiger partial charge on any atom is -0.457 e. The minimum atomic E-state index is -0.533. The minimum absolute atomic E-state index is 0. The lowest BCUT2D eigenvalue weighted by Crippen LogP contribution is -2.48. The molecule has 1 unspecified atom stereocenters. The van der Waals surface area contributed by atoms with Crippen molar-refractivity contribution in [2.45, 2.75) is 37.5 Å². The summed E-state index contributed by atoms with van der Waals surface area (Å²) in [5.41, 5.74) is 9.04. The molecule has 2 aliphatic rings. The molecular formula is C25H29Cl2FN4O2. The summed E-state index contributed by atoms with van der Waals surface area (Å²) in [4.78, 5) is 15.1. The van der Waals surface area contributed by atoms with E-state index in [-0.39, 0.29) is 41.7 Å². The van der Waals surface area contributed by atoms with E-state index in [2.05, 4.69) is 10.2 Å². The van der Waals surface area contributed by atoms with Crippen molar-refractivity contribution in [1.82, 2.24) is 15.1 Å². The number of benzene rings is 2. The number of nitrogens with one attached hydrogen (secondary N) is 1. The number of hydrogen-bond acceptors (Lipinski definition) is 4. The van der Waals surface area contributed by atoms with Gasteiger partial charge in [-0.15, -0.1) is 24.8 Å². The largest absolute Gasteiger partial charge is 0.457 e. The predicted molar refractivity (Wildman–Crippen MR) is 134 cm³/mol. The molecule has 1 amide bonds. The van der Waals surface area contributed by atoms with E-state index in [1.165, 1.54) is 17.7 Å². The molecule has 2 aromatic carbocycles. The molecule has 1 aromatic heterocycles. The fourth-order valence-corrected chi connectivity index (χ4v) is 5.10. The predicted octanol–water partition coefficient (Wildman–Crippen LogP) is 4.81. The number of carbonyl (C=O) groups excluding carboxylic acids is 1. The van der Waals surface area contributed by atoms with Gasteiger partial charge in [0.25, 0.3) is 5.91 Å². The second-order valence-electron chi connectivity index (χ2n) is 8.81. The lowest BCUT2D eigenvalue weighted by Gasteiger charge is -2.40. The van der Waals surface area contributed by atoms with Crippen LogP contribution in [0.3, 0.4) is 0 Å². The third-order valence-corrected chi connectivity index (χ3v) is 6.75. The standard InChI is InChI=1S/C25H27FN4O2.2ClH/c26-22-7-6-20(32-19-4-2-17(3-5-19)9-12-27)14-21(22)24(31)30-13-1-10-25(16-30)11-8-18-15-28-29-23(18)25;;/h2-7,14-15H,1,8-13,16,27H2,(H,28,29);2*1H. The highest BCUT2D eigenvalue weighted by Gasteiger charge is 2.44. The molecule has 6 nitrogen and oxygen atoms in total. The highest BCUT2D eigenvalue weighted by atomic mass is 35.5. The van der Waals surface area contributed by atoms with Crippen LogP contribution >= 0.6 is 24.8 Å². The van der Waals surface area contributed by atoms with Crippen LogP contribution in [0.15, 0.2) is 48.7 Å². The number of nitrogens with zero attached hydrogens (tertiary/aromatic N) is 2. The number of carbonyl (C=O) groups is 1. The normalized spacial score (nSPS) is 18.7. The maximum Gasteiger partial charge on any atom is 0.256 e. The van der Waals surface area contributed by atoms with Crippen LogP contribution in [0.2, 0.25) is 0 Å². The van der Waals surface area contributed by atoms with Crippen LogP contribution in [0.1, 0.15) is 46.4 Å². The van der Waals surface area contributed by atoms with E-state index in [9.17, 15) is 9.18 Å². The summed E-state index contributed by atoms with van der Waals surface area (Å²) < 4.78 is 20.6. The molecule has 34 heavy (non-hydrogen) atoms. The molecule has 3 N–H and O–H groups in total. The molecule has 1 fully saturated rings. The van der Waals surface area contributed by atoms with Crippen molar-refractivity contribution < 1.29 is 13.9 Å². The molecule has 1 saturated heterocycles. The first-order valence-electron chi connectivity index (χ1n) is 11.2. The van der Waals surface area contributed by atoms with Gasteiger partial charge < -0.3 is 15.4 Å². The molecule has 1 spiro atoms. The number of nitrogens with two attached hydrogens (primary N) is 1. The van der Waals surface area contributed by atoms with Gasteiger partial charge in [0, 0.05) is 24.2 Å². The van der Waals surface area contributed by atoms with Crippen molar-refractivity contribution in [2.24, 2.45) is 5.73 Å². The topological polar surface area (TPSA) is 84.2 Å². The zero-order chi connectivity index (χ0) is 22.1. The molecule has 2 heterocycles. The summed E-state index contributed by atoms with van der Waals surface area (Å²) in [7, 11) is 0. The average Bonchev–Trinajstić information content (AvgIpc) is 3.41. The van der Waals surface area contributed by atoms with Crippen LogP contribution in [-0.2, 0) is 18.3 Å². The number of H-pyrrole nitrogens is 1. The summed E-state index contributed by atoms with van der Waals surface area (Å²) in [6.07, 6.45) is 6.54. The van der Waals surface area contributed by atoms with E-state index in [0.717, 1.165) is 43.4 Å². The van der Waals surface area contributed by atoms with Gasteiger partial charge in [-0.2, -0.15) is 5.10 Å². The quantitative estimate of drug-likeness (QED) is 0.520. The number of aryl methyl sites for hydroxylation is 1. The van der Waals surface area contributed by atoms with Crippen LogP contribution in [-0.4, -0.2) is 40.6 Å². The van der Waals surface area contributed by atoms with Gasteiger partial charge in [0.05, 0.1) is 11.8 Å². The number of amides is 1. The monoisotopic (exact) mass is 506 g/mol. The highest BCUT2D eigenvalue weighted by Crippen LogP contribution is 2.44. The van der Waals surface area contributed by atoms with Gasteiger partial charge in [-0.3, -0.25) is 9.89 Å². The van der Waals surface area contributed by atoms with Gasteiger partial charge >= 0.3 is 0 Å². The fraction of sp³-hybridized carbons (Fsp3) is 0.360. The summed E-state index contributed by atoms with van der Waals surface area (Å²) in [5, 5.41) is 7.34. The van der Waals surface area contributed by atoms with E-state index in [0.29, 0.717) is 31.1 Å². The molecule has 0 saturated carbocycles. The maximum atomic E-state index is 14.7. The molecule has 182 valence electrons. The first-order valence-corrected chi connectivity index (χ1v) is 11.2. The van der Waals surface area contributed by atoms with Crippen LogP contribution in [0.25, 0.3) is 0 Å². The molecule has 9 heteroatoms. The summed E-state index contributed by atoms with van der Waals surface area (Å²) >= 11 is 0. The number of piperidine rings is 1. The first-order chi connectivity index (χ1) is 15.6. The summed E-state index contributed by atoms with van der Waals surface area (Å²) in [6, 6.07) is 12.0. The number of aromatic amines is 1. The molecule has 5 rings (SSSR count). The zero-order valence-electron chi connectivity index (χ0n) is 18.8. The number of rotatable bonds is 5. The van der Waals surface area contributed by atoms with Gasteiger partial charge in [-0.25, -0.2) is 4.39 Å². The van der Waals surface area contributed by atoms with Crippen molar-refractivity contribution in [3.63, 3.8) is 0 Å². The Morgan fingerprint density at radius 2 is 1.91 bits per heavy atom. The summed E-state index contributed by atoms with van der Waals surface area (Å²) in [5.74, 6) is 0.238. The second kappa shape index (κ2) is 10.8. The van der Waals surface area contributed by atoms with Crippen LogP contribution in [0.5, 0.6) is 11.5 Å². The van der Waals surface area contributed by atoms with E-state index in [1.807, 2.05) is 30.5 Å². The Balaban J connectivity index is 0.00000162. The first kappa shape index (κ1) is 26.0. The van der Waals surface area contributed by atoms with Crippen molar-refractivity contribution in [3.05, 3.63) is 76.9 Å². The van der Waals surface area contributed by atoms with Crippen molar-refractivity contribution >= 4 is 30.7 Å². The Bertz CT molecular complexity index is 1140. The third kappa shape index (κ3) is 4.92. The molecular weight excluding hydrogens is 478 g/mol. The third-order valence-electron chi connectivity index (χ3n) is 6.75. The number of hydrogen-bond donors (Lipinski definition) is 2. The van der Waals surface area contributed by atoms with E-state index in [1.54, 1.807) is 11.0 Å². The lowest BCUT2D eigenvalue weighted by atomic mass is 9.77. The maximum absolute atomic E-state index is 14.7. The Hall–Kier alpha value is -2.61. The van der Waals surface area contributed by atoms with Gasteiger partial charge in [0.15, 0.2) is 0 Å². The Morgan fingerprint density at radius 1 is 1.15 bits per heavy atom. The van der Waals surface area contributed by atoms with E-state index >= 15 is 0 Å². The molecule has 3 aromatic rings. The molecule has 0 radical (unpaired) electrons. The van der Waals surface area contributed by atoms with Crippen molar-refractivity contribution in [1.29, 1.82) is 0 Å². The average molecular weight is 507 g/mol. The molecule has 1 aliphatic heterocycles. The molecule has 1 atom stereocenters. The number of fused-ring (bicyclic) bond motifs is 2. The number of likely N-dealkylation sites (tertiary alicyclic amines) is 1. The van der Waals surface area contributed by atoms with Crippen LogP contribution < -0.4 is 10.5 Å². The second-order valence-corrected chi connectivity index (χ2v) is 8.81. The smallest absolute Gasteiger partial charge is 0.256 e. The van der Waals surface area contributed by atoms with E-state index in [4.69, 9.17) is 10.5 Å². The fourth-order valence-electron chi connectivity index (χ4n) is 5.10. The molecule has 0 bridgehead atoms. The molecule has 1 aliphatic carbocycles. The SMILES string of the molecule is Cl.Cl.NCCc1ccc(Oc2ccc(F)c(C(=O)N3CCCC4(CCc5cn[nH]c54)C3)c2)cc1. The lowest BCUT2D eigenvalue weighted by molar-refractivity contribution is 0.0628.